The van der Waals surface area contributed by atoms with Gasteiger partial charge in [0.05, 0.1) is 11.4 Å². The Morgan fingerprint density at radius 2 is 2.00 bits per heavy atom. The van der Waals surface area contributed by atoms with Crippen molar-refractivity contribution in [2.75, 3.05) is 37.9 Å². The van der Waals surface area contributed by atoms with Crippen LogP contribution in [0.5, 0.6) is 0 Å². The van der Waals surface area contributed by atoms with Crippen molar-refractivity contribution >= 4 is 17.3 Å². The summed E-state index contributed by atoms with van der Waals surface area (Å²) in [6.07, 6.45) is 0.670. The second-order valence-electron chi connectivity index (χ2n) is 5.34. The van der Waals surface area contributed by atoms with Gasteiger partial charge >= 0.3 is 0 Å². The Morgan fingerprint density at radius 1 is 1.35 bits per heavy atom. The number of carbonyl (C=O) groups excluding carboxylic acids is 1. The number of hydrogen-bond acceptors (Lipinski definition) is 4. The summed E-state index contributed by atoms with van der Waals surface area (Å²) in [7, 11) is 3.45. The molecule has 0 aliphatic heterocycles. The zero-order valence-corrected chi connectivity index (χ0v) is 12.8. The first-order valence-electron chi connectivity index (χ1n) is 6.87. The van der Waals surface area contributed by atoms with Crippen LogP contribution in [0.2, 0.25) is 0 Å². The van der Waals surface area contributed by atoms with Crippen molar-refractivity contribution in [1.29, 1.82) is 0 Å². The van der Waals surface area contributed by atoms with E-state index in [9.17, 15) is 4.79 Å². The first-order valence-corrected chi connectivity index (χ1v) is 6.87. The summed E-state index contributed by atoms with van der Waals surface area (Å²) in [6.45, 7) is 4.98. The third kappa shape index (κ3) is 3.87. The number of hydrogen-bond donors (Lipinski definition) is 2. The predicted molar refractivity (Wildman–Crippen MR) is 83.1 cm³/mol. The third-order valence-corrected chi connectivity index (χ3v) is 3.17. The molecule has 1 amide bonds. The fourth-order valence-corrected chi connectivity index (χ4v) is 2.08. The van der Waals surface area contributed by atoms with Gasteiger partial charge in [-0.2, -0.15) is 0 Å². The molecular formula is C15H25N3O2. The molecular weight excluding hydrogens is 254 g/mol. The summed E-state index contributed by atoms with van der Waals surface area (Å²) in [6, 6.07) is 5.58. The molecule has 0 aliphatic carbocycles. The molecule has 1 aromatic rings. The van der Waals surface area contributed by atoms with E-state index in [1.807, 2.05) is 6.07 Å². The van der Waals surface area contributed by atoms with Crippen LogP contribution in [0, 0.1) is 0 Å². The summed E-state index contributed by atoms with van der Waals surface area (Å²) in [5, 5.41) is 9.01. The smallest absolute Gasteiger partial charge is 0.253 e. The highest BCUT2D eigenvalue weighted by Gasteiger charge is 2.16. The average Bonchev–Trinajstić information content (AvgIpc) is 2.39. The molecule has 0 atom stereocenters. The van der Waals surface area contributed by atoms with Crippen LogP contribution in [0.25, 0.3) is 0 Å². The molecule has 0 unspecified atom stereocenters. The van der Waals surface area contributed by atoms with E-state index in [-0.39, 0.29) is 18.6 Å². The lowest BCUT2D eigenvalue weighted by molar-refractivity contribution is 0.0827. The maximum atomic E-state index is 12.0. The van der Waals surface area contributed by atoms with Crippen molar-refractivity contribution in [1.82, 2.24) is 4.90 Å². The standard InChI is InChI=1S/C15H25N3O2/c1-11(2)18(8-5-9-19)14-10-12(6-7-13(14)16)15(20)17(3)4/h6-7,10-11,19H,5,8-9,16H2,1-4H3. The summed E-state index contributed by atoms with van der Waals surface area (Å²) >= 11 is 0. The molecule has 5 heteroatoms. The minimum absolute atomic E-state index is 0.0443. The lowest BCUT2D eigenvalue weighted by atomic mass is 10.1. The van der Waals surface area contributed by atoms with Crippen LogP contribution >= 0.6 is 0 Å². The largest absolute Gasteiger partial charge is 0.397 e. The Balaban J connectivity index is 3.13. The molecule has 0 saturated heterocycles. The van der Waals surface area contributed by atoms with Crippen molar-refractivity contribution in [2.24, 2.45) is 0 Å². The molecule has 0 heterocycles. The zero-order valence-electron chi connectivity index (χ0n) is 12.8. The topological polar surface area (TPSA) is 69.8 Å². The Kier molecular flexibility index (Phi) is 5.82. The number of carbonyl (C=O) groups is 1. The quantitative estimate of drug-likeness (QED) is 0.776. The van der Waals surface area contributed by atoms with Gasteiger partial charge < -0.3 is 20.6 Å². The van der Waals surface area contributed by atoms with Crippen LogP contribution < -0.4 is 10.6 Å². The summed E-state index contributed by atoms with van der Waals surface area (Å²) in [5.41, 5.74) is 8.16. The van der Waals surface area contributed by atoms with E-state index in [0.717, 1.165) is 5.69 Å². The molecule has 0 saturated carbocycles. The van der Waals surface area contributed by atoms with Crippen LogP contribution in [-0.2, 0) is 0 Å². The molecule has 3 N–H and O–H groups in total. The molecule has 1 aromatic carbocycles. The molecule has 1 rings (SSSR count). The SMILES string of the molecule is CC(C)N(CCCO)c1cc(C(=O)N(C)C)ccc1N. The first kappa shape index (κ1) is 16.3. The number of anilines is 2. The maximum Gasteiger partial charge on any atom is 0.253 e. The van der Waals surface area contributed by atoms with Crippen molar-refractivity contribution in [3.8, 4) is 0 Å². The molecule has 0 spiro atoms. The monoisotopic (exact) mass is 279 g/mol. The van der Waals surface area contributed by atoms with Gasteiger partial charge in [0.1, 0.15) is 0 Å². The third-order valence-electron chi connectivity index (χ3n) is 3.17. The number of nitrogens with zero attached hydrogens (tertiary/aromatic N) is 2. The van der Waals surface area contributed by atoms with Crippen LogP contribution in [0.4, 0.5) is 11.4 Å². The van der Waals surface area contributed by atoms with Gasteiger partial charge in [-0.1, -0.05) is 0 Å². The van der Waals surface area contributed by atoms with E-state index in [1.54, 1.807) is 31.1 Å². The van der Waals surface area contributed by atoms with Gasteiger partial charge in [-0.15, -0.1) is 0 Å². The van der Waals surface area contributed by atoms with Crippen molar-refractivity contribution in [3.05, 3.63) is 23.8 Å². The lowest BCUT2D eigenvalue weighted by Crippen LogP contribution is -2.33. The highest BCUT2D eigenvalue weighted by atomic mass is 16.3. The van der Waals surface area contributed by atoms with Gasteiger partial charge in [0, 0.05) is 38.9 Å². The number of nitrogen functional groups attached to an aromatic ring is 1. The molecule has 0 fully saturated rings. The highest BCUT2D eigenvalue weighted by Crippen LogP contribution is 2.27. The van der Waals surface area contributed by atoms with Crippen LogP contribution in [0.3, 0.4) is 0 Å². The van der Waals surface area contributed by atoms with Crippen LogP contribution in [-0.4, -0.2) is 49.2 Å². The van der Waals surface area contributed by atoms with Gasteiger partial charge in [-0.3, -0.25) is 4.79 Å². The van der Waals surface area contributed by atoms with Crippen molar-refractivity contribution < 1.29 is 9.90 Å². The molecule has 5 nitrogen and oxygen atoms in total. The molecule has 112 valence electrons. The minimum atomic E-state index is -0.0443. The van der Waals surface area contributed by atoms with Crippen molar-refractivity contribution in [2.45, 2.75) is 26.3 Å². The second kappa shape index (κ2) is 7.14. The number of nitrogens with two attached hydrogens (primary N) is 1. The number of benzene rings is 1. The fourth-order valence-electron chi connectivity index (χ4n) is 2.08. The van der Waals surface area contributed by atoms with Gasteiger partial charge in [0.2, 0.25) is 0 Å². The second-order valence-corrected chi connectivity index (χ2v) is 5.34. The minimum Gasteiger partial charge on any atom is -0.397 e. The summed E-state index contributed by atoms with van der Waals surface area (Å²) in [4.78, 5) is 15.7. The van der Waals surface area contributed by atoms with E-state index in [0.29, 0.717) is 24.2 Å². The predicted octanol–water partition coefficient (Wildman–Crippen LogP) is 1.57. The molecule has 0 bridgehead atoms. The Labute approximate surface area is 121 Å². The van der Waals surface area contributed by atoms with Crippen LogP contribution in [0.15, 0.2) is 18.2 Å². The number of aliphatic hydroxyl groups is 1. The van der Waals surface area contributed by atoms with E-state index in [2.05, 4.69) is 18.7 Å². The maximum absolute atomic E-state index is 12.0. The highest BCUT2D eigenvalue weighted by molar-refractivity contribution is 5.96. The summed E-state index contributed by atoms with van der Waals surface area (Å²) < 4.78 is 0. The molecule has 0 radical (unpaired) electrons. The molecule has 0 aromatic heterocycles. The first-order chi connectivity index (χ1) is 9.38. The number of aliphatic hydroxyl groups excluding tert-OH is 1. The van der Waals surface area contributed by atoms with E-state index < -0.39 is 0 Å². The molecule has 20 heavy (non-hydrogen) atoms. The number of amides is 1. The van der Waals surface area contributed by atoms with Crippen molar-refractivity contribution in [3.63, 3.8) is 0 Å². The van der Waals surface area contributed by atoms with Gasteiger partial charge in [0.15, 0.2) is 0 Å². The lowest BCUT2D eigenvalue weighted by Gasteiger charge is -2.30. The van der Waals surface area contributed by atoms with Gasteiger partial charge in [-0.25, -0.2) is 0 Å². The fraction of sp³-hybridized carbons (Fsp3) is 0.533. The van der Waals surface area contributed by atoms with Crippen LogP contribution in [0.1, 0.15) is 30.6 Å². The number of rotatable bonds is 6. The van der Waals surface area contributed by atoms with E-state index in [4.69, 9.17) is 10.8 Å². The van der Waals surface area contributed by atoms with Gasteiger partial charge in [0.25, 0.3) is 5.91 Å². The molecule has 0 aliphatic rings. The Hall–Kier alpha value is -1.75. The summed E-state index contributed by atoms with van der Waals surface area (Å²) in [5.74, 6) is -0.0443. The average molecular weight is 279 g/mol. The Morgan fingerprint density at radius 3 is 2.50 bits per heavy atom. The van der Waals surface area contributed by atoms with Gasteiger partial charge in [-0.05, 0) is 38.5 Å². The van der Waals surface area contributed by atoms with E-state index in [1.165, 1.54) is 0 Å². The van der Waals surface area contributed by atoms with E-state index >= 15 is 0 Å². The normalized spacial score (nSPS) is 10.7. The Bertz CT molecular complexity index is 458. The zero-order chi connectivity index (χ0) is 15.3.